The van der Waals surface area contributed by atoms with Crippen LogP contribution in [0.25, 0.3) is 11.3 Å². The fourth-order valence-corrected chi connectivity index (χ4v) is 15.5. The molecule has 3 N–H and O–H groups in total. The number of carbonyl (C=O) groups is 1. The first-order valence-electron chi connectivity index (χ1n) is 30.7. The summed E-state index contributed by atoms with van der Waals surface area (Å²) in [6.07, 6.45) is 20.0. The molecule has 2 heterocycles. The number of hydrogen-bond acceptors (Lipinski definition) is 16. The molecule has 8 atom stereocenters. The molecule has 4 aliphatic carbocycles. The fraction of sp³-hybridized carbons (Fsp3) is 0.656. The van der Waals surface area contributed by atoms with Crippen molar-refractivity contribution in [3.63, 3.8) is 0 Å². The summed E-state index contributed by atoms with van der Waals surface area (Å²) in [5, 5.41) is 33.9. The van der Waals surface area contributed by atoms with Gasteiger partial charge in [-0.2, -0.15) is 0 Å². The molecule has 4 aliphatic rings. The molecule has 470 valence electrons. The van der Waals surface area contributed by atoms with Crippen LogP contribution in [0, 0.1) is 34.5 Å². The second-order valence-corrected chi connectivity index (χ2v) is 26.9. The molecule has 0 radical (unpaired) electrons. The highest BCUT2D eigenvalue weighted by Crippen LogP contribution is 2.67. The number of anilines is 1. The van der Waals surface area contributed by atoms with Crippen molar-refractivity contribution in [3.8, 4) is 11.3 Å². The van der Waals surface area contributed by atoms with Crippen molar-refractivity contribution in [1.29, 1.82) is 0 Å². The second kappa shape index (κ2) is 33.1. The minimum atomic E-state index is -3.74. The number of benzene rings is 2. The Kier molecular flexibility index (Phi) is 26.1. The van der Waals surface area contributed by atoms with Crippen LogP contribution >= 0.6 is 23.2 Å². The molecule has 0 bridgehead atoms. The van der Waals surface area contributed by atoms with Crippen LogP contribution < -0.4 is 5.32 Å². The third kappa shape index (κ3) is 19.0. The van der Waals surface area contributed by atoms with Crippen molar-refractivity contribution in [2.45, 2.75) is 134 Å². The molecule has 2 aromatic heterocycles. The van der Waals surface area contributed by atoms with Gasteiger partial charge in [-0.05, 0) is 154 Å². The number of fused-ring (bicyclic) bond motifs is 5. The highest BCUT2D eigenvalue weighted by Gasteiger charge is 2.61. The molecular weight excluding hydrogens is 1150 g/mol. The van der Waals surface area contributed by atoms with E-state index in [4.69, 9.17) is 61.1 Å². The summed E-state index contributed by atoms with van der Waals surface area (Å²) in [7, 11) is -3.74. The van der Waals surface area contributed by atoms with Crippen LogP contribution in [-0.2, 0) is 60.9 Å². The summed E-state index contributed by atoms with van der Waals surface area (Å²) in [4.78, 5) is 17.4. The Bertz CT molecular complexity index is 2850. The number of hydrogen-bond donors (Lipinski definition) is 3. The molecule has 1 amide bonds. The molecule has 8 rings (SSSR count). The van der Waals surface area contributed by atoms with Gasteiger partial charge in [-0.25, -0.2) is 13.1 Å². The van der Waals surface area contributed by atoms with E-state index in [-0.39, 0.29) is 58.0 Å². The van der Waals surface area contributed by atoms with E-state index >= 15 is 0 Å². The zero-order valence-corrected chi connectivity index (χ0v) is 52.4. The molecular formula is C64H91Cl2N5O13S. The largest absolute Gasteiger partial charge is 0.393 e. The molecule has 0 aliphatic heterocycles. The van der Waals surface area contributed by atoms with Gasteiger partial charge in [0.2, 0.25) is 0 Å². The van der Waals surface area contributed by atoms with E-state index in [1.807, 2.05) is 18.3 Å². The van der Waals surface area contributed by atoms with Gasteiger partial charge in [-0.3, -0.25) is 9.78 Å². The number of halogens is 2. The first-order chi connectivity index (χ1) is 41.1. The molecule has 3 fully saturated rings. The van der Waals surface area contributed by atoms with E-state index in [1.165, 1.54) is 43.0 Å². The number of pyridine rings is 1. The SMILES string of the molecule is CC(O)(CCCCCCOCCOCCOCc1cn(CCOCCOCCOCCOCCOCCS(=O)(=O)c2ccc(C(=O)Nc3ccc(Cl)c(-c4ccccn4)c3)c(Cl)c2)nn1)C1CC[C@H]2[C@@H]3CC=C4C[C@@H](O)CC[C@]4(C)[C@H]3CC[C@]12C. The molecule has 0 spiro atoms. The maximum Gasteiger partial charge on any atom is 0.257 e. The van der Waals surface area contributed by atoms with Gasteiger partial charge in [0.25, 0.3) is 5.91 Å². The van der Waals surface area contributed by atoms with Crippen LogP contribution in [0.1, 0.15) is 120 Å². The summed E-state index contributed by atoms with van der Waals surface area (Å²) in [6.45, 7) is 14.0. The van der Waals surface area contributed by atoms with Crippen molar-refractivity contribution >= 4 is 44.6 Å². The quantitative estimate of drug-likeness (QED) is 0.0280. The number of sulfone groups is 1. The summed E-state index contributed by atoms with van der Waals surface area (Å²) in [5.74, 6) is 1.72. The number of amides is 1. The lowest BCUT2D eigenvalue weighted by Gasteiger charge is -2.59. The van der Waals surface area contributed by atoms with Crippen LogP contribution in [0.3, 0.4) is 0 Å². The lowest BCUT2D eigenvalue weighted by atomic mass is 9.46. The third-order valence-corrected chi connectivity index (χ3v) is 20.6. The Labute approximate surface area is 513 Å². The van der Waals surface area contributed by atoms with E-state index in [9.17, 15) is 23.4 Å². The van der Waals surface area contributed by atoms with Crippen molar-refractivity contribution in [2.75, 3.05) is 110 Å². The number of aliphatic hydroxyl groups excluding tert-OH is 1. The number of carbonyl (C=O) groups excluding carboxylic acids is 1. The minimum Gasteiger partial charge on any atom is -0.393 e. The van der Waals surface area contributed by atoms with Crippen LogP contribution in [0.2, 0.25) is 10.0 Å². The summed E-state index contributed by atoms with van der Waals surface area (Å²) < 4.78 is 72.8. The molecule has 85 heavy (non-hydrogen) atoms. The van der Waals surface area contributed by atoms with Crippen LogP contribution in [0.15, 0.2) is 83.5 Å². The number of aliphatic hydroxyl groups is 2. The average Bonchev–Trinajstić information content (AvgIpc) is 1.85. The van der Waals surface area contributed by atoms with E-state index < -0.39 is 21.3 Å². The number of allylic oxidation sites excluding steroid dienone is 1. The van der Waals surface area contributed by atoms with Crippen molar-refractivity contribution in [1.82, 2.24) is 20.0 Å². The van der Waals surface area contributed by atoms with Gasteiger partial charge in [-0.15, -0.1) is 5.10 Å². The summed E-state index contributed by atoms with van der Waals surface area (Å²) >= 11 is 12.8. The predicted octanol–water partition coefficient (Wildman–Crippen LogP) is 10.6. The Hall–Kier alpha value is -3.93. The van der Waals surface area contributed by atoms with Crippen molar-refractivity contribution < 1.29 is 61.3 Å². The summed E-state index contributed by atoms with van der Waals surface area (Å²) in [6, 6.07) is 14.5. The second-order valence-electron chi connectivity index (χ2n) is 24.0. The Morgan fingerprint density at radius 3 is 2.11 bits per heavy atom. The number of unbranched alkanes of at least 4 members (excludes halogenated alkanes) is 3. The van der Waals surface area contributed by atoms with Crippen LogP contribution in [0.5, 0.6) is 0 Å². The molecule has 21 heteroatoms. The Balaban J connectivity index is 0.548. The molecule has 18 nitrogen and oxygen atoms in total. The van der Waals surface area contributed by atoms with Gasteiger partial charge in [0.15, 0.2) is 9.84 Å². The van der Waals surface area contributed by atoms with Crippen molar-refractivity contribution in [2.24, 2.45) is 34.5 Å². The van der Waals surface area contributed by atoms with Crippen LogP contribution in [-0.4, -0.2) is 161 Å². The molecule has 3 saturated carbocycles. The van der Waals surface area contributed by atoms with Gasteiger partial charge in [-0.1, -0.05) is 79.2 Å². The first kappa shape index (κ1) is 67.0. The molecule has 4 aromatic rings. The topological polar surface area (TPSA) is 221 Å². The highest BCUT2D eigenvalue weighted by molar-refractivity contribution is 7.91. The van der Waals surface area contributed by atoms with E-state index in [1.54, 1.807) is 35.1 Å². The number of ether oxygens (including phenoxy) is 8. The Morgan fingerprint density at radius 2 is 1.41 bits per heavy atom. The highest BCUT2D eigenvalue weighted by atomic mass is 35.5. The van der Waals surface area contributed by atoms with E-state index in [0.717, 1.165) is 88.3 Å². The monoisotopic (exact) mass is 1240 g/mol. The van der Waals surface area contributed by atoms with Gasteiger partial charge in [0.05, 0.1) is 156 Å². The van der Waals surface area contributed by atoms with Gasteiger partial charge < -0.3 is 53.4 Å². The predicted molar refractivity (Wildman–Crippen MR) is 326 cm³/mol. The first-order valence-corrected chi connectivity index (χ1v) is 33.1. The molecule has 0 saturated heterocycles. The number of nitrogens with one attached hydrogen (secondary N) is 1. The maximum atomic E-state index is 13.1. The normalized spacial score (nSPS) is 23.7. The fourth-order valence-electron chi connectivity index (χ4n) is 13.8. The zero-order chi connectivity index (χ0) is 60.1. The van der Waals surface area contributed by atoms with Gasteiger partial charge in [0.1, 0.15) is 5.69 Å². The van der Waals surface area contributed by atoms with Gasteiger partial charge >= 0.3 is 0 Å². The smallest absolute Gasteiger partial charge is 0.257 e. The standard InChI is InChI=1S/C64H91Cl2N5O13S/c1-62-22-19-50(72)42-47(62)11-14-52-55-16-18-60(63(55,2)23-20-56(52)62)64(3,74)21-7-4-5-9-26-77-28-30-82-38-39-84-46-49-45-71(70-69-49)25-27-78-29-31-79-32-33-80-34-35-81-36-37-83-40-41-85(75,76)51-13-15-53(58(66)44-51)61(73)68-48-12-17-57(65)54(43-48)59-10-6-8-24-67-59/h6,8,10-13,15,17,24,43-45,50,52,55-56,60,72,74H,4-5,7,9,14,16,18-23,25-42,46H2,1-3H3,(H,68,73)/t50-,52-,55-,56-,60?,62-,63-,64?/m0/s1. The van der Waals surface area contributed by atoms with Crippen molar-refractivity contribution in [3.05, 3.63) is 99.9 Å². The molecule has 2 unspecified atom stereocenters. The van der Waals surface area contributed by atoms with Crippen LogP contribution in [0.4, 0.5) is 5.69 Å². The molecule has 2 aromatic carbocycles. The maximum absolute atomic E-state index is 13.1. The number of aromatic nitrogens is 4. The summed E-state index contributed by atoms with van der Waals surface area (Å²) in [5.41, 5.74) is 3.99. The van der Waals surface area contributed by atoms with Gasteiger partial charge in [0, 0.05) is 24.1 Å². The average molecular weight is 1240 g/mol. The van der Waals surface area contributed by atoms with E-state index in [0.29, 0.717) is 120 Å². The number of rotatable bonds is 38. The van der Waals surface area contributed by atoms with E-state index in [2.05, 4.69) is 47.5 Å². The lowest BCUT2D eigenvalue weighted by Crippen LogP contribution is -2.53. The third-order valence-electron chi connectivity index (χ3n) is 18.3. The minimum absolute atomic E-state index is 0.00711. The Morgan fingerprint density at radius 1 is 0.741 bits per heavy atom. The zero-order valence-electron chi connectivity index (χ0n) is 50.1. The lowest BCUT2D eigenvalue weighted by molar-refractivity contribution is -0.105. The number of nitrogens with zero attached hydrogens (tertiary/aromatic N) is 4.